The number of aliphatic hydroxyl groups is 1. The van der Waals surface area contributed by atoms with Gasteiger partial charge in [-0.05, 0) is 36.6 Å². The number of alkyl halides is 3. The Morgan fingerprint density at radius 3 is 2.61 bits per heavy atom. The minimum absolute atomic E-state index is 0.161. The summed E-state index contributed by atoms with van der Waals surface area (Å²) in [4.78, 5) is 0. The summed E-state index contributed by atoms with van der Waals surface area (Å²) in [5.41, 5.74) is 0.726. The summed E-state index contributed by atoms with van der Waals surface area (Å²) in [7, 11) is 1.51. The van der Waals surface area contributed by atoms with Gasteiger partial charge in [-0.2, -0.15) is 13.2 Å². The highest BCUT2D eigenvalue weighted by Crippen LogP contribution is 2.26. The zero-order chi connectivity index (χ0) is 13.8. The molecule has 0 aliphatic rings. The zero-order valence-corrected chi connectivity index (χ0v) is 11.4. The lowest BCUT2D eigenvalue weighted by Crippen LogP contribution is -2.16. The molecule has 102 valence electrons. The molecular formula is C12H14BrF3O2. The summed E-state index contributed by atoms with van der Waals surface area (Å²) in [5.74, 6) is 0.608. The molecule has 2 nitrogen and oxygen atoms in total. The fourth-order valence-corrected chi connectivity index (χ4v) is 1.93. The van der Waals surface area contributed by atoms with Crippen LogP contribution in [0.5, 0.6) is 5.75 Å². The van der Waals surface area contributed by atoms with E-state index >= 15 is 0 Å². The SMILES string of the molecule is COc1ccc(Br)c(CC(O)CCC(F)(F)F)c1. The molecule has 1 atom stereocenters. The predicted molar refractivity (Wildman–Crippen MR) is 65.7 cm³/mol. The first kappa shape index (κ1) is 15.3. The molecule has 1 aromatic carbocycles. The van der Waals surface area contributed by atoms with Crippen molar-refractivity contribution in [2.75, 3.05) is 7.11 Å². The Labute approximate surface area is 112 Å². The van der Waals surface area contributed by atoms with Gasteiger partial charge in [0.05, 0.1) is 13.2 Å². The third-order valence-electron chi connectivity index (χ3n) is 2.47. The van der Waals surface area contributed by atoms with Gasteiger partial charge in [-0.15, -0.1) is 0 Å². The van der Waals surface area contributed by atoms with E-state index in [0.29, 0.717) is 5.75 Å². The minimum atomic E-state index is -4.23. The Hall–Kier alpha value is -0.750. The van der Waals surface area contributed by atoms with Gasteiger partial charge in [0.2, 0.25) is 0 Å². The first-order valence-corrected chi connectivity index (χ1v) is 6.18. The van der Waals surface area contributed by atoms with Crippen LogP contribution >= 0.6 is 15.9 Å². The molecule has 0 saturated carbocycles. The molecule has 0 saturated heterocycles. The fourth-order valence-electron chi connectivity index (χ4n) is 1.52. The van der Waals surface area contributed by atoms with Crippen LogP contribution in [0, 0.1) is 0 Å². The van der Waals surface area contributed by atoms with E-state index in [-0.39, 0.29) is 12.8 Å². The Morgan fingerprint density at radius 1 is 1.39 bits per heavy atom. The normalized spacial score (nSPS) is 13.4. The van der Waals surface area contributed by atoms with Crippen LogP contribution in [-0.2, 0) is 6.42 Å². The van der Waals surface area contributed by atoms with Crippen LogP contribution in [0.2, 0.25) is 0 Å². The van der Waals surface area contributed by atoms with Gasteiger partial charge < -0.3 is 9.84 Å². The van der Waals surface area contributed by atoms with Crippen LogP contribution in [0.4, 0.5) is 13.2 Å². The standard InChI is InChI=1S/C12H14BrF3O2/c1-18-10-2-3-11(13)8(7-10)6-9(17)4-5-12(14,15)16/h2-3,7,9,17H,4-6H2,1H3. The number of halogens is 4. The van der Waals surface area contributed by atoms with Gasteiger partial charge in [-0.3, -0.25) is 0 Å². The van der Waals surface area contributed by atoms with Gasteiger partial charge in [0.15, 0.2) is 0 Å². The van der Waals surface area contributed by atoms with Crippen LogP contribution in [-0.4, -0.2) is 24.5 Å². The molecule has 1 N–H and O–H groups in total. The molecule has 0 heterocycles. The van der Waals surface area contributed by atoms with Gasteiger partial charge in [0, 0.05) is 10.9 Å². The molecule has 0 aliphatic carbocycles. The maximum atomic E-state index is 12.0. The summed E-state index contributed by atoms with van der Waals surface area (Å²) in [5, 5.41) is 9.59. The van der Waals surface area contributed by atoms with Crippen LogP contribution in [0.25, 0.3) is 0 Å². The number of rotatable bonds is 5. The van der Waals surface area contributed by atoms with E-state index in [1.54, 1.807) is 18.2 Å². The van der Waals surface area contributed by atoms with E-state index in [1.807, 2.05) is 0 Å². The quantitative estimate of drug-likeness (QED) is 0.893. The average molecular weight is 327 g/mol. The number of methoxy groups -OCH3 is 1. The van der Waals surface area contributed by atoms with Crippen molar-refractivity contribution in [3.05, 3.63) is 28.2 Å². The third-order valence-corrected chi connectivity index (χ3v) is 3.24. The summed E-state index contributed by atoms with van der Waals surface area (Å²) >= 11 is 3.29. The fraction of sp³-hybridized carbons (Fsp3) is 0.500. The number of aliphatic hydroxyl groups excluding tert-OH is 1. The molecule has 6 heteroatoms. The lowest BCUT2D eigenvalue weighted by molar-refractivity contribution is -0.139. The predicted octanol–water partition coefficient (Wildman–Crippen LogP) is 3.70. The zero-order valence-electron chi connectivity index (χ0n) is 9.80. The summed E-state index contributed by atoms with van der Waals surface area (Å²) in [6, 6.07) is 5.17. The van der Waals surface area contributed by atoms with E-state index < -0.39 is 18.7 Å². The maximum Gasteiger partial charge on any atom is 0.389 e. The van der Waals surface area contributed by atoms with E-state index in [9.17, 15) is 18.3 Å². The first-order chi connectivity index (χ1) is 8.31. The van der Waals surface area contributed by atoms with Crippen molar-refractivity contribution in [1.82, 2.24) is 0 Å². The van der Waals surface area contributed by atoms with Crippen molar-refractivity contribution in [2.24, 2.45) is 0 Å². The van der Waals surface area contributed by atoms with Crippen molar-refractivity contribution in [2.45, 2.75) is 31.5 Å². The molecule has 1 unspecified atom stereocenters. The number of hydrogen-bond donors (Lipinski definition) is 1. The highest BCUT2D eigenvalue weighted by molar-refractivity contribution is 9.10. The summed E-state index contributed by atoms with van der Waals surface area (Å²) in [6.45, 7) is 0. The van der Waals surface area contributed by atoms with E-state index in [2.05, 4.69) is 15.9 Å². The summed E-state index contributed by atoms with van der Waals surface area (Å²) < 4.78 is 41.8. The second-order valence-corrected chi connectivity index (χ2v) is 4.82. The number of hydrogen-bond acceptors (Lipinski definition) is 2. The number of benzene rings is 1. The van der Waals surface area contributed by atoms with Gasteiger partial charge in [0.1, 0.15) is 5.75 Å². The van der Waals surface area contributed by atoms with Gasteiger partial charge in [0.25, 0.3) is 0 Å². The number of ether oxygens (including phenoxy) is 1. The topological polar surface area (TPSA) is 29.5 Å². The second kappa shape index (κ2) is 6.43. The van der Waals surface area contributed by atoms with Crippen molar-refractivity contribution in [3.8, 4) is 5.75 Å². The smallest absolute Gasteiger partial charge is 0.389 e. The monoisotopic (exact) mass is 326 g/mol. The van der Waals surface area contributed by atoms with Crippen LogP contribution in [0.3, 0.4) is 0 Å². The Bertz CT molecular complexity index is 393. The largest absolute Gasteiger partial charge is 0.497 e. The van der Waals surface area contributed by atoms with E-state index in [0.717, 1.165) is 10.0 Å². The molecule has 0 spiro atoms. The Balaban J connectivity index is 2.61. The maximum absolute atomic E-state index is 12.0. The minimum Gasteiger partial charge on any atom is -0.497 e. The van der Waals surface area contributed by atoms with Crippen LogP contribution in [0.1, 0.15) is 18.4 Å². The molecule has 0 radical (unpaired) electrons. The Kier molecular flexibility index (Phi) is 5.47. The molecule has 0 aromatic heterocycles. The highest BCUT2D eigenvalue weighted by atomic mass is 79.9. The van der Waals surface area contributed by atoms with Crippen molar-refractivity contribution in [3.63, 3.8) is 0 Å². The molecule has 0 fully saturated rings. The van der Waals surface area contributed by atoms with E-state index in [4.69, 9.17) is 4.74 Å². The van der Waals surface area contributed by atoms with Crippen LogP contribution in [0.15, 0.2) is 22.7 Å². The van der Waals surface area contributed by atoms with Gasteiger partial charge >= 0.3 is 6.18 Å². The molecule has 18 heavy (non-hydrogen) atoms. The summed E-state index contributed by atoms with van der Waals surface area (Å²) in [6.07, 6.45) is -6.36. The Morgan fingerprint density at radius 2 is 2.06 bits per heavy atom. The van der Waals surface area contributed by atoms with Gasteiger partial charge in [-0.25, -0.2) is 0 Å². The second-order valence-electron chi connectivity index (χ2n) is 3.97. The molecular weight excluding hydrogens is 313 g/mol. The lowest BCUT2D eigenvalue weighted by Gasteiger charge is -2.14. The molecule has 0 aliphatic heterocycles. The van der Waals surface area contributed by atoms with Crippen LogP contribution < -0.4 is 4.74 Å². The molecule has 0 bridgehead atoms. The first-order valence-electron chi connectivity index (χ1n) is 5.39. The molecule has 1 aromatic rings. The van der Waals surface area contributed by atoms with Gasteiger partial charge in [-0.1, -0.05) is 15.9 Å². The third kappa shape index (κ3) is 5.27. The van der Waals surface area contributed by atoms with E-state index in [1.165, 1.54) is 7.11 Å². The molecule has 0 amide bonds. The molecule has 1 rings (SSSR count). The highest BCUT2D eigenvalue weighted by Gasteiger charge is 2.28. The lowest BCUT2D eigenvalue weighted by atomic mass is 10.0. The van der Waals surface area contributed by atoms with Crippen molar-refractivity contribution in [1.29, 1.82) is 0 Å². The van der Waals surface area contributed by atoms with Crippen molar-refractivity contribution < 1.29 is 23.0 Å². The average Bonchev–Trinajstić information content (AvgIpc) is 2.28. The van der Waals surface area contributed by atoms with Crippen molar-refractivity contribution >= 4 is 15.9 Å².